The van der Waals surface area contributed by atoms with Gasteiger partial charge >= 0.3 is 0 Å². The van der Waals surface area contributed by atoms with Crippen LogP contribution in [0.4, 0.5) is 0 Å². The summed E-state index contributed by atoms with van der Waals surface area (Å²) in [5.41, 5.74) is 0. The first-order valence-electron chi connectivity index (χ1n) is 5.52. The first-order valence-corrected chi connectivity index (χ1v) is 5.93. The van der Waals surface area contributed by atoms with E-state index in [0.29, 0.717) is 6.17 Å². The quantitative estimate of drug-likeness (QED) is 0.447. The highest BCUT2D eigenvalue weighted by atomic mass is 32.1. The molecule has 0 aromatic heterocycles. The molecule has 0 aromatic carbocycles. The fourth-order valence-corrected chi connectivity index (χ4v) is 1.31. The highest BCUT2D eigenvalue weighted by Crippen LogP contribution is 1.86. The van der Waals surface area contributed by atoms with E-state index in [4.69, 9.17) is 12.2 Å². The van der Waals surface area contributed by atoms with Crippen LogP contribution in [0.25, 0.3) is 0 Å². The Labute approximate surface area is 93.0 Å². The summed E-state index contributed by atoms with van der Waals surface area (Å²) < 4.78 is 0. The van der Waals surface area contributed by atoms with Crippen LogP contribution in [0, 0.1) is 0 Å². The Balaban J connectivity index is 3.62. The standard InChI is InChI=1S/C10H23N3S/c1-4-7-11-9(6-3)13-10(14)12-8-5-2/h9,11H,4-8H2,1-3H3,(H2,12,13,14). The lowest BCUT2D eigenvalue weighted by Crippen LogP contribution is -2.49. The SMILES string of the molecule is CCCNC(=S)NC(CC)NCCC. The molecule has 0 spiro atoms. The largest absolute Gasteiger partial charge is 0.363 e. The lowest BCUT2D eigenvalue weighted by atomic mass is 10.3. The molecule has 0 aliphatic rings. The molecule has 0 saturated carbocycles. The number of hydrogen-bond acceptors (Lipinski definition) is 2. The van der Waals surface area contributed by atoms with E-state index in [1.807, 2.05) is 0 Å². The maximum absolute atomic E-state index is 5.15. The van der Waals surface area contributed by atoms with Gasteiger partial charge in [0.25, 0.3) is 0 Å². The highest BCUT2D eigenvalue weighted by Gasteiger charge is 2.04. The summed E-state index contributed by atoms with van der Waals surface area (Å²) in [6, 6.07) is 0. The molecule has 0 fully saturated rings. The molecule has 3 N–H and O–H groups in total. The van der Waals surface area contributed by atoms with Gasteiger partial charge in [0.2, 0.25) is 0 Å². The van der Waals surface area contributed by atoms with Crippen molar-refractivity contribution in [2.45, 2.75) is 46.2 Å². The average molecular weight is 217 g/mol. The molecule has 0 radical (unpaired) electrons. The summed E-state index contributed by atoms with van der Waals surface area (Å²) in [7, 11) is 0. The summed E-state index contributed by atoms with van der Waals surface area (Å²) in [4.78, 5) is 0. The molecule has 3 nitrogen and oxygen atoms in total. The van der Waals surface area contributed by atoms with Crippen LogP contribution in [0.1, 0.15) is 40.0 Å². The molecule has 0 aliphatic carbocycles. The van der Waals surface area contributed by atoms with Gasteiger partial charge in [-0.1, -0.05) is 20.8 Å². The summed E-state index contributed by atoms with van der Waals surface area (Å²) in [5, 5.41) is 10.5. The van der Waals surface area contributed by atoms with Crippen molar-refractivity contribution in [2.75, 3.05) is 13.1 Å². The van der Waals surface area contributed by atoms with Gasteiger partial charge in [-0.2, -0.15) is 0 Å². The fraction of sp³-hybridized carbons (Fsp3) is 0.900. The normalized spacial score (nSPS) is 12.2. The van der Waals surface area contributed by atoms with Gasteiger partial charge in [0.05, 0.1) is 6.17 Å². The monoisotopic (exact) mass is 217 g/mol. The second-order valence-corrected chi connectivity index (χ2v) is 3.72. The van der Waals surface area contributed by atoms with E-state index in [-0.39, 0.29) is 0 Å². The number of rotatable bonds is 7. The van der Waals surface area contributed by atoms with Gasteiger partial charge in [-0.05, 0) is 38.0 Å². The first-order chi connectivity index (χ1) is 6.74. The maximum atomic E-state index is 5.15. The van der Waals surface area contributed by atoms with Gasteiger partial charge in [0.1, 0.15) is 0 Å². The molecule has 0 bridgehead atoms. The van der Waals surface area contributed by atoms with Crippen LogP contribution in [0.15, 0.2) is 0 Å². The zero-order valence-corrected chi connectivity index (χ0v) is 10.3. The van der Waals surface area contributed by atoms with Crippen LogP contribution in [-0.2, 0) is 0 Å². The first kappa shape index (κ1) is 13.7. The minimum atomic E-state index is 0.298. The van der Waals surface area contributed by atoms with Crippen LogP contribution in [0.3, 0.4) is 0 Å². The molecule has 0 heterocycles. The Kier molecular flexibility index (Phi) is 8.98. The van der Waals surface area contributed by atoms with Gasteiger partial charge in [0, 0.05) is 6.54 Å². The molecule has 0 rings (SSSR count). The zero-order chi connectivity index (χ0) is 10.8. The van der Waals surface area contributed by atoms with Crippen LogP contribution in [0.5, 0.6) is 0 Å². The lowest BCUT2D eigenvalue weighted by Gasteiger charge is -2.20. The minimum absolute atomic E-state index is 0.298. The molecule has 4 heteroatoms. The maximum Gasteiger partial charge on any atom is 0.167 e. The van der Waals surface area contributed by atoms with E-state index in [1.54, 1.807) is 0 Å². The van der Waals surface area contributed by atoms with Crippen molar-refractivity contribution >= 4 is 17.3 Å². The Hall–Kier alpha value is -0.350. The molecular weight excluding hydrogens is 194 g/mol. The topological polar surface area (TPSA) is 36.1 Å². The Bertz CT molecular complexity index is 150. The zero-order valence-electron chi connectivity index (χ0n) is 9.52. The molecule has 1 atom stereocenters. The van der Waals surface area contributed by atoms with E-state index in [2.05, 4.69) is 36.7 Å². The molecule has 0 aliphatic heterocycles. The second-order valence-electron chi connectivity index (χ2n) is 3.32. The molecule has 14 heavy (non-hydrogen) atoms. The van der Waals surface area contributed by atoms with E-state index in [0.717, 1.165) is 37.5 Å². The van der Waals surface area contributed by atoms with Crippen LogP contribution in [0.2, 0.25) is 0 Å². The Morgan fingerprint density at radius 1 is 1.14 bits per heavy atom. The fourth-order valence-electron chi connectivity index (χ4n) is 1.06. The van der Waals surface area contributed by atoms with Crippen LogP contribution in [-0.4, -0.2) is 24.4 Å². The van der Waals surface area contributed by atoms with Crippen molar-refractivity contribution in [1.29, 1.82) is 0 Å². The van der Waals surface area contributed by atoms with Gasteiger partial charge in [-0.3, -0.25) is 5.32 Å². The lowest BCUT2D eigenvalue weighted by molar-refractivity contribution is 0.469. The molecule has 0 amide bonds. The van der Waals surface area contributed by atoms with Gasteiger partial charge in [-0.25, -0.2) is 0 Å². The number of nitrogens with one attached hydrogen (secondary N) is 3. The predicted molar refractivity (Wildman–Crippen MR) is 66.4 cm³/mol. The van der Waals surface area contributed by atoms with Crippen LogP contribution >= 0.6 is 12.2 Å². The number of hydrogen-bond donors (Lipinski definition) is 3. The third-order valence-electron chi connectivity index (χ3n) is 1.89. The molecule has 0 aromatic rings. The van der Waals surface area contributed by atoms with Gasteiger partial charge < -0.3 is 10.6 Å². The van der Waals surface area contributed by atoms with Crippen molar-refractivity contribution in [3.8, 4) is 0 Å². The third kappa shape index (κ3) is 7.09. The molecular formula is C10H23N3S. The summed E-state index contributed by atoms with van der Waals surface area (Å²) in [6.07, 6.45) is 3.58. The predicted octanol–water partition coefficient (Wildman–Crippen LogP) is 1.60. The molecule has 1 unspecified atom stereocenters. The van der Waals surface area contributed by atoms with Crippen LogP contribution < -0.4 is 16.0 Å². The van der Waals surface area contributed by atoms with Gasteiger partial charge in [-0.15, -0.1) is 0 Å². The summed E-state index contributed by atoms with van der Waals surface area (Å²) in [5.74, 6) is 0. The van der Waals surface area contributed by atoms with Crippen molar-refractivity contribution in [2.24, 2.45) is 0 Å². The summed E-state index contributed by atoms with van der Waals surface area (Å²) >= 11 is 5.15. The Morgan fingerprint density at radius 2 is 1.79 bits per heavy atom. The van der Waals surface area contributed by atoms with E-state index < -0.39 is 0 Å². The van der Waals surface area contributed by atoms with E-state index in [9.17, 15) is 0 Å². The van der Waals surface area contributed by atoms with E-state index >= 15 is 0 Å². The molecule has 84 valence electrons. The summed E-state index contributed by atoms with van der Waals surface area (Å²) in [6.45, 7) is 8.40. The van der Waals surface area contributed by atoms with E-state index in [1.165, 1.54) is 0 Å². The third-order valence-corrected chi connectivity index (χ3v) is 2.15. The number of thiocarbonyl (C=S) groups is 1. The smallest absolute Gasteiger partial charge is 0.167 e. The average Bonchev–Trinajstić information content (AvgIpc) is 2.21. The van der Waals surface area contributed by atoms with Crippen molar-refractivity contribution in [1.82, 2.24) is 16.0 Å². The van der Waals surface area contributed by atoms with Crippen molar-refractivity contribution in [3.63, 3.8) is 0 Å². The van der Waals surface area contributed by atoms with Gasteiger partial charge in [0.15, 0.2) is 5.11 Å². The second kappa shape index (κ2) is 9.21. The Morgan fingerprint density at radius 3 is 2.29 bits per heavy atom. The minimum Gasteiger partial charge on any atom is -0.363 e. The molecule has 0 saturated heterocycles. The van der Waals surface area contributed by atoms with Crippen molar-refractivity contribution in [3.05, 3.63) is 0 Å². The highest BCUT2D eigenvalue weighted by molar-refractivity contribution is 7.80. The van der Waals surface area contributed by atoms with Crippen molar-refractivity contribution < 1.29 is 0 Å².